The van der Waals surface area contributed by atoms with Gasteiger partial charge in [-0.05, 0) is 0 Å². The maximum atomic E-state index is 11.8. The molecule has 14 rings (SSSR count). The van der Waals surface area contributed by atoms with E-state index >= 15 is 0 Å². The zero-order valence-corrected chi connectivity index (χ0v) is 76.5. The molecule has 4 aliphatic carbocycles. The number of halogens is 2. The topological polar surface area (TPSA) is 0 Å². The van der Waals surface area contributed by atoms with Crippen LogP contribution in [0.25, 0.3) is 68.8 Å². The van der Waals surface area contributed by atoms with E-state index in [-0.39, 0.29) is 0 Å². The average molecular weight is 1610 g/mol. The second kappa shape index (κ2) is 22.5. The molecule has 514 valence electrons. The molecule has 0 radical (unpaired) electrons. The predicted octanol–water partition coefficient (Wildman–Crippen LogP) is 23.5. The van der Waals surface area contributed by atoms with Gasteiger partial charge in [-0.15, -0.1) is 0 Å². The summed E-state index contributed by atoms with van der Waals surface area (Å²) >= 11 is -7.91. The van der Waals surface area contributed by atoms with Crippen LogP contribution in [-0.2, 0) is 25.8 Å². The SMILES string of the molecule is CCC1=Cc2c(-c3cc(C)c([Si](C)(C)C)c(C)c3)cccc2[C]12[SiH](C)[C]1(C(CC)=Cc3c(-c4cc(C)c([Si](C)(C)C)c(C)c4)cccc31)[Hf]21([Cl])([Cl])[C]2(C(CC)=Cc3c(-c4cc(C)c([Si](C)(C)C)c(C)c4)cccc32)[SiH](C)[C]12C(CC)=Cc1c(-c3cc(C)c([Si](C)(C)C)c(C)c3)cccc12. The van der Waals surface area contributed by atoms with Crippen LogP contribution >= 0.6 is 17.2 Å². The molecule has 2 fully saturated rings. The van der Waals surface area contributed by atoms with Gasteiger partial charge in [-0.2, -0.15) is 0 Å². The molecule has 2 heterocycles. The van der Waals surface area contributed by atoms with E-state index in [2.05, 4.69) is 320 Å². The number of hydrogen-bond donors (Lipinski definition) is 0. The van der Waals surface area contributed by atoms with Crippen LogP contribution < -0.4 is 20.7 Å². The Morgan fingerprint density at radius 2 is 0.475 bits per heavy atom. The Morgan fingerprint density at radius 3 is 0.626 bits per heavy atom. The fourth-order valence-corrected chi connectivity index (χ4v) is 207. The molecule has 8 aromatic rings. The van der Waals surface area contributed by atoms with Crippen LogP contribution in [0.2, 0.25) is 91.7 Å². The van der Waals surface area contributed by atoms with Crippen LogP contribution in [0.4, 0.5) is 0 Å². The molecule has 0 nitrogen and oxygen atoms in total. The van der Waals surface area contributed by atoms with Gasteiger partial charge in [0.25, 0.3) is 0 Å². The van der Waals surface area contributed by atoms with Gasteiger partial charge in [-0.3, -0.25) is 0 Å². The van der Waals surface area contributed by atoms with Gasteiger partial charge in [-0.1, -0.05) is 0 Å². The number of allylic oxidation sites excluding steroid dienone is 4. The van der Waals surface area contributed by atoms with Crippen molar-refractivity contribution in [1.82, 2.24) is 0 Å². The number of benzene rings is 8. The van der Waals surface area contributed by atoms with Gasteiger partial charge in [0.05, 0.1) is 0 Å². The Morgan fingerprint density at radius 1 is 0.303 bits per heavy atom. The Hall–Kier alpha value is -4.53. The van der Waals surface area contributed by atoms with Gasteiger partial charge < -0.3 is 0 Å². The van der Waals surface area contributed by atoms with E-state index in [1.165, 1.54) is 156 Å². The number of fused-ring (bicyclic) bond motifs is 12. The Kier molecular flexibility index (Phi) is 16.2. The van der Waals surface area contributed by atoms with Crippen molar-refractivity contribution in [2.45, 2.75) is 212 Å². The van der Waals surface area contributed by atoms with Crippen molar-refractivity contribution < 1.29 is 14.7 Å². The molecule has 99 heavy (non-hydrogen) atoms. The number of rotatable bonds is 12. The first kappa shape index (κ1) is 71.5. The third kappa shape index (κ3) is 8.06. The monoisotopic (exact) mass is 1610 g/mol. The quantitative estimate of drug-likeness (QED) is 0.107. The summed E-state index contributed by atoms with van der Waals surface area (Å²) in [6, 6.07) is 50.8. The molecular weight excluding hydrogens is 1500 g/mol. The zero-order chi connectivity index (χ0) is 71.8. The Bertz CT molecular complexity index is 4340. The normalized spacial score (nSPS) is 24.9. The van der Waals surface area contributed by atoms with E-state index in [1.54, 1.807) is 20.7 Å². The van der Waals surface area contributed by atoms with Crippen molar-refractivity contribution in [3.8, 4) is 44.5 Å². The molecule has 0 amide bonds. The minimum absolute atomic E-state index is 0.658. The molecule has 4 atom stereocenters. The third-order valence-corrected chi connectivity index (χ3v) is 152. The van der Waals surface area contributed by atoms with Gasteiger partial charge in [0.2, 0.25) is 0 Å². The predicted molar refractivity (Wildman–Crippen MR) is 455 cm³/mol. The van der Waals surface area contributed by atoms with Gasteiger partial charge in [-0.25, -0.2) is 0 Å². The molecule has 0 saturated carbocycles. The molecule has 0 N–H and O–H groups in total. The first-order chi connectivity index (χ1) is 46.2. The zero-order valence-electron chi connectivity index (χ0n) is 65.1. The fraction of sp³-hybridized carbons (Fsp3) is 0.378. The molecule has 8 aromatic carbocycles. The second-order valence-electron chi connectivity index (χ2n) is 36.4. The molecule has 4 unspecified atom stereocenters. The Labute approximate surface area is 609 Å². The molecule has 5 spiro atoms. The van der Waals surface area contributed by atoms with Crippen LogP contribution in [0.5, 0.6) is 0 Å². The van der Waals surface area contributed by atoms with Gasteiger partial charge in [0.1, 0.15) is 0 Å². The molecule has 9 heteroatoms. The van der Waals surface area contributed by atoms with Crippen molar-refractivity contribution in [1.29, 1.82) is 0 Å². The van der Waals surface area contributed by atoms with Crippen molar-refractivity contribution >= 4 is 112 Å². The first-order valence-corrected chi connectivity index (χ1v) is 72.5. The van der Waals surface area contributed by atoms with Crippen LogP contribution in [0.3, 0.4) is 0 Å². The standard InChI is InChI=1S/2C45H56Si3.2ClH.Hf/c2*1-14-32-26-40-36(34-22-28(3)44(29(4)23-34)47(8,9)10)18-16-20-38(40)42(32)46(7)43-33(15-2)27-41-37(19-17-21-39(41)43)35-24-30(5)45(31(6)25-35)48(11,12)13;;;/h2*16-27,46H,14-15H2,1-13H3;2*1H;/q;;;;+2/p-2. The molecule has 0 bridgehead atoms. The third-order valence-electron chi connectivity index (χ3n) is 27.5. The van der Waals surface area contributed by atoms with Gasteiger partial charge in [0, 0.05) is 0 Å². The van der Waals surface area contributed by atoms with Crippen molar-refractivity contribution in [2.75, 3.05) is 0 Å². The van der Waals surface area contributed by atoms with Crippen LogP contribution in [-0.4, -0.2) is 49.9 Å². The van der Waals surface area contributed by atoms with Gasteiger partial charge >= 0.3 is 616 Å². The van der Waals surface area contributed by atoms with Crippen molar-refractivity contribution in [2.24, 2.45) is 0 Å². The molecule has 6 aliphatic rings. The van der Waals surface area contributed by atoms with E-state index < -0.39 is 75.7 Å². The molecule has 2 saturated heterocycles. The van der Waals surface area contributed by atoms with Crippen molar-refractivity contribution in [3.05, 3.63) is 233 Å². The van der Waals surface area contributed by atoms with Crippen LogP contribution in [0, 0.1) is 55.4 Å². The minimum atomic E-state index is -7.91. The molecule has 0 aromatic heterocycles. The van der Waals surface area contributed by atoms with E-state index in [0.717, 1.165) is 25.7 Å². The summed E-state index contributed by atoms with van der Waals surface area (Å²) in [5, 5.41) is 6.32. The van der Waals surface area contributed by atoms with Gasteiger partial charge in [0.15, 0.2) is 0 Å². The average Bonchev–Trinajstić information content (AvgIpc) is 1.53. The van der Waals surface area contributed by atoms with Crippen molar-refractivity contribution in [3.63, 3.8) is 0 Å². The summed E-state index contributed by atoms with van der Waals surface area (Å²) in [5.74, 6) is 0. The maximum absolute atomic E-state index is 11.8. The van der Waals surface area contributed by atoms with Crippen LogP contribution in [0.1, 0.15) is 142 Å². The summed E-state index contributed by atoms with van der Waals surface area (Å²) in [6.45, 7) is 65.0. The summed E-state index contributed by atoms with van der Waals surface area (Å²) in [7, 11) is 11.7. The van der Waals surface area contributed by atoms with Crippen LogP contribution in [0.15, 0.2) is 144 Å². The number of hydrogen-bond acceptors (Lipinski definition) is 0. The summed E-state index contributed by atoms with van der Waals surface area (Å²) in [4.78, 5) is 0. The molecular formula is C90H112Cl2HfSi6. The van der Waals surface area contributed by atoms with E-state index in [4.69, 9.17) is 0 Å². The number of aryl methyl sites for hydroxylation is 8. The fourth-order valence-electron chi connectivity index (χ4n) is 26.9. The molecule has 2 aliphatic heterocycles. The second-order valence-corrected chi connectivity index (χ2v) is 111. The van der Waals surface area contributed by atoms with E-state index in [1.807, 2.05) is 0 Å². The summed E-state index contributed by atoms with van der Waals surface area (Å²) < 4.78 is -2.63. The van der Waals surface area contributed by atoms with E-state index in [0.29, 0.717) is 0 Å². The summed E-state index contributed by atoms with van der Waals surface area (Å²) in [6.07, 6.45) is 14.5. The Balaban J connectivity index is 1.23. The van der Waals surface area contributed by atoms with E-state index in [9.17, 15) is 17.2 Å². The first-order valence-electron chi connectivity index (χ1n) is 37.8. The summed E-state index contributed by atoms with van der Waals surface area (Å²) in [5.41, 5.74) is 39.3.